The van der Waals surface area contributed by atoms with E-state index in [-0.39, 0.29) is 12.5 Å². The summed E-state index contributed by atoms with van der Waals surface area (Å²) in [5.41, 5.74) is 1.06. The third-order valence-electron chi connectivity index (χ3n) is 2.14. The second-order valence-corrected chi connectivity index (χ2v) is 3.81. The molecule has 0 aliphatic heterocycles. The molecular weight excluding hydrogens is 214 g/mol. The summed E-state index contributed by atoms with van der Waals surface area (Å²) in [5.74, 6) is -0.791. The maximum atomic E-state index is 10.3. The van der Waals surface area contributed by atoms with Crippen LogP contribution in [0.3, 0.4) is 0 Å². The molecule has 4 heteroatoms. The van der Waals surface area contributed by atoms with Crippen LogP contribution in [0.4, 0.5) is 0 Å². The molecule has 15 heavy (non-hydrogen) atoms. The van der Waals surface area contributed by atoms with Gasteiger partial charge in [0, 0.05) is 17.6 Å². The lowest BCUT2D eigenvalue weighted by Gasteiger charge is -2.13. The van der Waals surface area contributed by atoms with Crippen LogP contribution in [0.5, 0.6) is 0 Å². The van der Waals surface area contributed by atoms with Crippen LogP contribution in [0.15, 0.2) is 24.3 Å². The summed E-state index contributed by atoms with van der Waals surface area (Å²) in [7, 11) is 0. The molecule has 0 aliphatic carbocycles. The minimum atomic E-state index is -0.791. The summed E-state index contributed by atoms with van der Waals surface area (Å²) in [5, 5.41) is 12.3. The first-order chi connectivity index (χ1) is 7.09. The highest BCUT2D eigenvalue weighted by Gasteiger charge is 2.05. The van der Waals surface area contributed by atoms with E-state index >= 15 is 0 Å². The van der Waals surface area contributed by atoms with Gasteiger partial charge in [-0.1, -0.05) is 23.7 Å². The molecule has 0 amide bonds. The molecule has 0 fully saturated rings. The molecule has 1 atom stereocenters. The number of carbonyl (C=O) groups is 1. The van der Waals surface area contributed by atoms with E-state index in [2.05, 4.69) is 5.32 Å². The molecule has 0 saturated carbocycles. The van der Waals surface area contributed by atoms with Gasteiger partial charge in [0.1, 0.15) is 0 Å². The van der Waals surface area contributed by atoms with Crippen LogP contribution >= 0.6 is 11.6 Å². The van der Waals surface area contributed by atoms with Crippen LogP contribution in [0.2, 0.25) is 5.02 Å². The Kier molecular flexibility index (Phi) is 4.59. The Morgan fingerprint density at radius 2 is 2.33 bits per heavy atom. The fourth-order valence-corrected chi connectivity index (χ4v) is 1.49. The lowest BCUT2D eigenvalue weighted by Crippen LogP contribution is -2.21. The fourth-order valence-electron chi connectivity index (χ4n) is 1.29. The number of nitrogens with one attached hydrogen (secondary N) is 1. The van der Waals surface area contributed by atoms with Gasteiger partial charge in [0.2, 0.25) is 0 Å². The van der Waals surface area contributed by atoms with E-state index in [1.54, 1.807) is 0 Å². The third kappa shape index (κ3) is 4.32. The zero-order valence-corrected chi connectivity index (χ0v) is 9.29. The Morgan fingerprint density at radius 1 is 1.60 bits per heavy atom. The Morgan fingerprint density at radius 3 is 2.93 bits per heavy atom. The maximum Gasteiger partial charge on any atom is 0.304 e. The minimum Gasteiger partial charge on any atom is -0.481 e. The predicted molar refractivity (Wildman–Crippen MR) is 60.1 cm³/mol. The molecule has 0 saturated heterocycles. The Bertz CT molecular complexity index is 341. The van der Waals surface area contributed by atoms with Gasteiger partial charge in [-0.15, -0.1) is 0 Å². The first-order valence-corrected chi connectivity index (χ1v) is 5.18. The molecule has 1 rings (SSSR count). The van der Waals surface area contributed by atoms with Gasteiger partial charge in [-0.25, -0.2) is 0 Å². The van der Waals surface area contributed by atoms with Gasteiger partial charge >= 0.3 is 5.97 Å². The second-order valence-electron chi connectivity index (χ2n) is 3.37. The number of carboxylic acid groups (broad SMARTS) is 1. The third-order valence-corrected chi connectivity index (χ3v) is 2.37. The summed E-state index contributed by atoms with van der Waals surface area (Å²) in [4.78, 5) is 10.3. The van der Waals surface area contributed by atoms with Crippen molar-refractivity contribution in [2.45, 2.75) is 19.4 Å². The van der Waals surface area contributed by atoms with E-state index in [1.165, 1.54) is 0 Å². The van der Waals surface area contributed by atoms with E-state index in [0.29, 0.717) is 11.6 Å². The van der Waals surface area contributed by atoms with Crippen LogP contribution in [0.1, 0.15) is 24.9 Å². The molecule has 0 radical (unpaired) electrons. The number of carboxylic acids is 1. The molecule has 0 aliphatic rings. The summed E-state index contributed by atoms with van der Waals surface area (Å²) in [6, 6.07) is 7.65. The Balaban J connectivity index is 2.46. The molecule has 3 nitrogen and oxygen atoms in total. The summed E-state index contributed by atoms with van der Waals surface area (Å²) >= 11 is 5.85. The highest BCUT2D eigenvalue weighted by molar-refractivity contribution is 6.30. The summed E-state index contributed by atoms with van der Waals surface area (Å²) < 4.78 is 0. The standard InChI is InChI=1S/C11H14ClNO2/c1-8(13-6-5-11(14)15)9-3-2-4-10(12)7-9/h2-4,7-8,13H,5-6H2,1H3,(H,14,15)/t8-/m0/s1. The van der Waals surface area contributed by atoms with Crippen LogP contribution in [-0.4, -0.2) is 17.6 Å². The highest BCUT2D eigenvalue weighted by atomic mass is 35.5. The number of aliphatic carboxylic acids is 1. The summed E-state index contributed by atoms with van der Waals surface area (Å²) in [6.07, 6.45) is 0.130. The molecule has 1 aromatic carbocycles. The smallest absolute Gasteiger partial charge is 0.304 e. The van der Waals surface area contributed by atoms with Crippen molar-refractivity contribution in [3.05, 3.63) is 34.9 Å². The first-order valence-electron chi connectivity index (χ1n) is 4.80. The average Bonchev–Trinajstić information content (AvgIpc) is 2.17. The average molecular weight is 228 g/mol. The van der Waals surface area contributed by atoms with Crippen molar-refractivity contribution in [2.24, 2.45) is 0 Å². The normalized spacial score (nSPS) is 12.4. The molecule has 1 aromatic rings. The Labute approximate surface area is 94.1 Å². The van der Waals surface area contributed by atoms with Gasteiger partial charge in [-0.05, 0) is 24.6 Å². The van der Waals surface area contributed by atoms with Crippen molar-refractivity contribution < 1.29 is 9.90 Å². The Hall–Kier alpha value is -1.06. The van der Waals surface area contributed by atoms with Crippen molar-refractivity contribution in [2.75, 3.05) is 6.54 Å². The topological polar surface area (TPSA) is 49.3 Å². The van der Waals surface area contributed by atoms with Crippen molar-refractivity contribution in [3.8, 4) is 0 Å². The van der Waals surface area contributed by atoms with Gasteiger partial charge in [0.05, 0.1) is 6.42 Å². The van der Waals surface area contributed by atoms with Gasteiger partial charge in [-0.3, -0.25) is 4.79 Å². The zero-order chi connectivity index (χ0) is 11.3. The van der Waals surface area contributed by atoms with E-state index < -0.39 is 5.97 Å². The van der Waals surface area contributed by atoms with Crippen LogP contribution < -0.4 is 5.32 Å². The molecular formula is C11H14ClNO2. The minimum absolute atomic E-state index is 0.114. The van der Waals surface area contributed by atoms with Gasteiger partial charge < -0.3 is 10.4 Å². The quantitative estimate of drug-likeness (QED) is 0.813. The van der Waals surface area contributed by atoms with Crippen molar-refractivity contribution in [3.63, 3.8) is 0 Å². The molecule has 82 valence electrons. The predicted octanol–water partition coefficient (Wildman–Crippen LogP) is 2.47. The van der Waals surface area contributed by atoms with E-state index in [4.69, 9.17) is 16.7 Å². The molecule has 0 spiro atoms. The first kappa shape index (κ1) is 12.0. The van der Waals surface area contributed by atoms with Crippen LogP contribution in [0.25, 0.3) is 0 Å². The second kappa shape index (κ2) is 5.73. The number of hydrogen-bond donors (Lipinski definition) is 2. The van der Waals surface area contributed by atoms with Crippen molar-refractivity contribution in [1.82, 2.24) is 5.32 Å². The van der Waals surface area contributed by atoms with Crippen molar-refractivity contribution in [1.29, 1.82) is 0 Å². The SMILES string of the molecule is C[C@H](NCCC(=O)O)c1cccc(Cl)c1. The largest absolute Gasteiger partial charge is 0.481 e. The molecule has 0 heterocycles. The van der Waals surface area contributed by atoms with E-state index in [1.807, 2.05) is 31.2 Å². The number of benzene rings is 1. The van der Waals surface area contributed by atoms with Crippen molar-refractivity contribution >= 4 is 17.6 Å². The van der Waals surface area contributed by atoms with E-state index in [9.17, 15) is 4.79 Å². The maximum absolute atomic E-state index is 10.3. The van der Waals surface area contributed by atoms with E-state index in [0.717, 1.165) is 5.56 Å². The number of rotatable bonds is 5. The highest BCUT2D eigenvalue weighted by Crippen LogP contribution is 2.16. The molecule has 0 bridgehead atoms. The molecule has 0 unspecified atom stereocenters. The van der Waals surface area contributed by atoms with Crippen LogP contribution in [-0.2, 0) is 4.79 Å². The number of hydrogen-bond acceptors (Lipinski definition) is 2. The number of halogens is 1. The monoisotopic (exact) mass is 227 g/mol. The lowest BCUT2D eigenvalue weighted by molar-refractivity contribution is -0.136. The van der Waals surface area contributed by atoms with Gasteiger partial charge in [-0.2, -0.15) is 0 Å². The molecule has 0 aromatic heterocycles. The van der Waals surface area contributed by atoms with Gasteiger partial charge in [0.15, 0.2) is 0 Å². The summed E-state index contributed by atoms with van der Waals surface area (Å²) in [6.45, 7) is 2.44. The zero-order valence-electron chi connectivity index (χ0n) is 8.53. The molecule has 2 N–H and O–H groups in total. The lowest BCUT2D eigenvalue weighted by atomic mass is 10.1. The van der Waals surface area contributed by atoms with Gasteiger partial charge in [0.25, 0.3) is 0 Å². The fraction of sp³-hybridized carbons (Fsp3) is 0.364. The van der Waals surface area contributed by atoms with Crippen LogP contribution in [0, 0.1) is 0 Å².